The average Bonchev–Trinajstić information content (AvgIpc) is 2.95. The maximum absolute atomic E-state index is 8.89. The molecule has 1 aromatic heterocycles. The number of nitrogens with one attached hydrogen (secondary N) is 1. The minimum Gasteiger partial charge on any atom is -0.472 e. The molecule has 20 heavy (non-hydrogen) atoms. The van der Waals surface area contributed by atoms with Crippen LogP contribution in [0.2, 0.25) is 0 Å². The van der Waals surface area contributed by atoms with Gasteiger partial charge in [-0.25, -0.2) is 0 Å². The van der Waals surface area contributed by atoms with Crippen LogP contribution in [0.4, 0.5) is 5.69 Å². The summed E-state index contributed by atoms with van der Waals surface area (Å²) in [4.78, 5) is 0. The van der Waals surface area contributed by atoms with Gasteiger partial charge in [-0.2, -0.15) is 0 Å². The van der Waals surface area contributed by atoms with Gasteiger partial charge in [0, 0.05) is 24.9 Å². The second-order valence-corrected chi connectivity index (χ2v) is 3.39. The Kier molecular flexibility index (Phi) is 9.78. The zero-order valence-corrected chi connectivity index (χ0v) is 12.9. The zero-order valence-electron chi connectivity index (χ0n) is 12.9. The molecule has 112 valence electrons. The Bertz CT molecular complexity index is 470. The third kappa shape index (κ3) is 5.75. The van der Waals surface area contributed by atoms with Gasteiger partial charge >= 0.3 is 0 Å². The normalized spacial score (nSPS) is 8.70. The Labute approximate surface area is 121 Å². The highest BCUT2D eigenvalue weighted by Gasteiger charge is 2.02. The highest BCUT2D eigenvalue weighted by molar-refractivity contribution is 5.48. The van der Waals surface area contributed by atoms with Gasteiger partial charge in [-0.15, -0.1) is 5.10 Å². The maximum atomic E-state index is 8.89. The summed E-state index contributed by atoms with van der Waals surface area (Å²) < 4.78 is 7.14. The lowest BCUT2D eigenvalue weighted by atomic mass is 10.2. The number of rotatable bonds is 4. The SMILES string of the molecule is CC.CC.Cn1ccc(OCc2ccccc2NO)n1. The number of ether oxygens (including phenoxy) is 1. The highest BCUT2D eigenvalue weighted by atomic mass is 16.5. The maximum Gasteiger partial charge on any atom is 0.233 e. The molecule has 0 bridgehead atoms. The Hall–Kier alpha value is -2.01. The molecule has 1 aromatic carbocycles. The summed E-state index contributed by atoms with van der Waals surface area (Å²) in [6.07, 6.45) is 1.81. The molecule has 5 nitrogen and oxygen atoms in total. The van der Waals surface area contributed by atoms with E-state index in [2.05, 4.69) is 10.6 Å². The number of aryl methyl sites for hydroxylation is 1. The fraction of sp³-hybridized carbons (Fsp3) is 0.400. The molecule has 0 fully saturated rings. The lowest BCUT2D eigenvalue weighted by Crippen LogP contribution is -2.01. The quantitative estimate of drug-likeness (QED) is 0.834. The van der Waals surface area contributed by atoms with Crippen LogP contribution >= 0.6 is 0 Å². The smallest absolute Gasteiger partial charge is 0.233 e. The topological polar surface area (TPSA) is 59.3 Å². The minimum absolute atomic E-state index is 0.362. The summed E-state index contributed by atoms with van der Waals surface area (Å²) in [6.45, 7) is 8.36. The first kappa shape index (κ1) is 18.0. The van der Waals surface area contributed by atoms with E-state index in [1.54, 1.807) is 16.8 Å². The molecule has 0 radical (unpaired) electrons. The fourth-order valence-electron chi connectivity index (χ4n) is 1.38. The molecule has 0 saturated heterocycles. The van der Waals surface area contributed by atoms with E-state index in [0.717, 1.165) is 5.56 Å². The summed E-state index contributed by atoms with van der Waals surface area (Å²) in [6, 6.07) is 9.16. The fourth-order valence-corrected chi connectivity index (χ4v) is 1.38. The van der Waals surface area contributed by atoms with E-state index >= 15 is 0 Å². The van der Waals surface area contributed by atoms with Gasteiger partial charge in [0.25, 0.3) is 0 Å². The van der Waals surface area contributed by atoms with Gasteiger partial charge in [-0.05, 0) is 6.07 Å². The first-order valence-electron chi connectivity index (χ1n) is 6.90. The number of para-hydroxylation sites is 1. The van der Waals surface area contributed by atoms with Crippen LogP contribution in [-0.4, -0.2) is 15.0 Å². The van der Waals surface area contributed by atoms with Crippen molar-refractivity contribution in [1.82, 2.24) is 9.78 Å². The van der Waals surface area contributed by atoms with E-state index < -0.39 is 0 Å². The molecule has 0 atom stereocenters. The summed E-state index contributed by atoms with van der Waals surface area (Å²) in [5, 5.41) is 13.0. The van der Waals surface area contributed by atoms with E-state index in [-0.39, 0.29) is 0 Å². The summed E-state index contributed by atoms with van der Waals surface area (Å²) in [5.41, 5.74) is 3.64. The van der Waals surface area contributed by atoms with Crippen LogP contribution in [0.15, 0.2) is 36.5 Å². The molecule has 0 aliphatic carbocycles. The molecule has 0 aliphatic rings. The van der Waals surface area contributed by atoms with E-state index in [0.29, 0.717) is 18.2 Å². The largest absolute Gasteiger partial charge is 0.472 e. The van der Waals surface area contributed by atoms with Crippen molar-refractivity contribution in [3.8, 4) is 5.88 Å². The number of hydrogen-bond acceptors (Lipinski definition) is 4. The van der Waals surface area contributed by atoms with Gasteiger partial charge in [-0.1, -0.05) is 45.9 Å². The van der Waals surface area contributed by atoms with Gasteiger partial charge < -0.3 is 4.74 Å². The van der Waals surface area contributed by atoms with Gasteiger partial charge in [0.15, 0.2) is 0 Å². The summed E-state index contributed by atoms with van der Waals surface area (Å²) in [7, 11) is 1.83. The lowest BCUT2D eigenvalue weighted by Gasteiger charge is -2.07. The van der Waals surface area contributed by atoms with E-state index in [1.165, 1.54) is 0 Å². The molecule has 5 heteroatoms. The van der Waals surface area contributed by atoms with Crippen LogP contribution in [0.1, 0.15) is 33.3 Å². The summed E-state index contributed by atoms with van der Waals surface area (Å²) >= 11 is 0. The zero-order chi connectivity index (χ0) is 15.4. The van der Waals surface area contributed by atoms with Crippen molar-refractivity contribution in [3.05, 3.63) is 42.1 Å². The third-order valence-corrected chi connectivity index (χ3v) is 2.20. The van der Waals surface area contributed by atoms with Crippen molar-refractivity contribution in [2.45, 2.75) is 34.3 Å². The van der Waals surface area contributed by atoms with Crippen molar-refractivity contribution in [2.24, 2.45) is 7.05 Å². The van der Waals surface area contributed by atoms with Gasteiger partial charge in [0.05, 0.1) is 5.69 Å². The van der Waals surface area contributed by atoms with Crippen molar-refractivity contribution in [3.63, 3.8) is 0 Å². The van der Waals surface area contributed by atoms with Crippen molar-refractivity contribution in [2.75, 3.05) is 5.48 Å². The second kappa shape index (κ2) is 10.9. The molecular formula is C15H25N3O2. The third-order valence-electron chi connectivity index (χ3n) is 2.20. The number of nitrogens with zero attached hydrogens (tertiary/aromatic N) is 2. The van der Waals surface area contributed by atoms with Gasteiger partial charge in [0.2, 0.25) is 5.88 Å². The van der Waals surface area contributed by atoms with Crippen molar-refractivity contribution < 1.29 is 9.94 Å². The van der Waals surface area contributed by atoms with Crippen LogP contribution in [0.3, 0.4) is 0 Å². The van der Waals surface area contributed by atoms with E-state index in [1.807, 2.05) is 59.1 Å². The number of benzene rings is 1. The average molecular weight is 279 g/mol. The van der Waals surface area contributed by atoms with Crippen LogP contribution in [0.25, 0.3) is 0 Å². The monoisotopic (exact) mass is 279 g/mol. The van der Waals surface area contributed by atoms with Crippen molar-refractivity contribution >= 4 is 5.69 Å². The molecule has 2 aromatic rings. The van der Waals surface area contributed by atoms with Crippen LogP contribution < -0.4 is 10.2 Å². The first-order valence-corrected chi connectivity index (χ1v) is 6.90. The standard InChI is InChI=1S/C11H13N3O2.2C2H6/c1-14-7-6-11(12-14)16-8-9-4-2-3-5-10(9)13-15;2*1-2/h2-7,13,15H,8H2,1H3;2*1-2H3. The Morgan fingerprint density at radius 2 is 1.80 bits per heavy atom. The van der Waals surface area contributed by atoms with E-state index in [9.17, 15) is 0 Å². The number of aromatic nitrogens is 2. The summed E-state index contributed by atoms with van der Waals surface area (Å²) in [5.74, 6) is 0.565. The molecule has 1 heterocycles. The Morgan fingerprint density at radius 1 is 1.15 bits per heavy atom. The molecular weight excluding hydrogens is 254 g/mol. The molecule has 0 amide bonds. The minimum atomic E-state index is 0.362. The number of anilines is 1. The predicted molar refractivity (Wildman–Crippen MR) is 82.1 cm³/mol. The highest BCUT2D eigenvalue weighted by Crippen LogP contribution is 2.16. The van der Waals surface area contributed by atoms with Crippen LogP contribution in [-0.2, 0) is 13.7 Å². The van der Waals surface area contributed by atoms with Crippen LogP contribution in [0.5, 0.6) is 5.88 Å². The van der Waals surface area contributed by atoms with Crippen LogP contribution in [0, 0.1) is 0 Å². The van der Waals surface area contributed by atoms with E-state index in [4.69, 9.17) is 9.94 Å². The molecule has 0 aliphatic heterocycles. The molecule has 2 rings (SSSR count). The van der Waals surface area contributed by atoms with Crippen molar-refractivity contribution in [1.29, 1.82) is 0 Å². The predicted octanol–water partition coefficient (Wildman–Crippen LogP) is 3.85. The molecule has 2 N–H and O–H groups in total. The van der Waals surface area contributed by atoms with Gasteiger partial charge in [-0.3, -0.25) is 15.4 Å². The number of hydrogen-bond donors (Lipinski definition) is 2. The Balaban J connectivity index is 0.000000829. The Morgan fingerprint density at radius 3 is 2.35 bits per heavy atom. The first-order chi connectivity index (χ1) is 9.79. The molecule has 0 unspecified atom stereocenters. The van der Waals surface area contributed by atoms with Gasteiger partial charge in [0.1, 0.15) is 6.61 Å². The second-order valence-electron chi connectivity index (χ2n) is 3.39. The molecule has 0 saturated carbocycles. The lowest BCUT2D eigenvalue weighted by molar-refractivity contribution is 0.289. The molecule has 0 spiro atoms.